The van der Waals surface area contributed by atoms with Crippen molar-refractivity contribution in [2.24, 2.45) is 0 Å². The molecule has 0 aliphatic carbocycles. The van der Waals surface area contributed by atoms with E-state index >= 15 is 0 Å². The third kappa shape index (κ3) is 13.0. The van der Waals surface area contributed by atoms with Gasteiger partial charge in [0.2, 0.25) is 11.5 Å². The number of carbonyl (C=O) groups is 2. The molecule has 0 atom stereocenters. The molecule has 0 aromatic heterocycles. The van der Waals surface area contributed by atoms with Crippen molar-refractivity contribution >= 4 is 11.6 Å². The van der Waals surface area contributed by atoms with Crippen molar-refractivity contribution in [1.82, 2.24) is 0 Å². The summed E-state index contributed by atoms with van der Waals surface area (Å²) >= 11 is 0. The van der Waals surface area contributed by atoms with Crippen LogP contribution < -0.4 is 0 Å². The summed E-state index contributed by atoms with van der Waals surface area (Å²) in [5, 5.41) is 15.9. The minimum atomic E-state index is -5.42. The van der Waals surface area contributed by atoms with E-state index in [9.17, 15) is 62.3 Å². The van der Waals surface area contributed by atoms with Crippen molar-refractivity contribution in [2.45, 2.75) is 24.7 Å². The van der Waals surface area contributed by atoms with E-state index in [1.807, 2.05) is 0 Å². The van der Waals surface area contributed by atoms with Gasteiger partial charge in [-0.25, -0.2) is 0 Å². The summed E-state index contributed by atoms with van der Waals surface area (Å²) in [6, 6.07) is 0. The predicted molar refractivity (Wildman–Crippen MR) is 55.7 cm³/mol. The van der Waals surface area contributed by atoms with Gasteiger partial charge in [0.05, 0.1) is 0 Å². The first-order valence-electron chi connectivity index (χ1n) is 5.28. The fourth-order valence-corrected chi connectivity index (χ4v) is 0.576. The topological polar surface area (TPSA) is 74.6 Å². The number of aliphatic hydroxyl groups excluding tert-OH is 2. The molecule has 0 saturated heterocycles. The average molecular weight is 475 g/mol. The quantitative estimate of drug-likeness (QED) is 0.356. The van der Waals surface area contributed by atoms with E-state index < -0.39 is 59.9 Å². The van der Waals surface area contributed by atoms with Crippen LogP contribution in [-0.4, -0.2) is 46.5 Å². The van der Waals surface area contributed by atoms with Gasteiger partial charge in [-0.3, -0.25) is 9.59 Å². The fourth-order valence-electron chi connectivity index (χ4n) is 0.576. The van der Waals surface area contributed by atoms with Crippen LogP contribution in [-0.2, 0) is 26.4 Å². The number of hydrogen-bond acceptors (Lipinski definition) is 4. The van der Waals surface area contributed by atoms with Crippen LogP contribution in [0.15, 0.2) is 23.7 Å². The zero-order valence-corrected chi connectivity index (χ0v) is 12.8. The second-order valence-electron chi connectivity index (χ2n) is 3.78. The van der Waals surface area contributed by atoms with E-state index in [0.717, 1.165) is 0 Å². The summed E-state index contributed by atoms with van der Waals surface area (Å²) in [5.74, 6) is -10.7. The number of halogens is 12. The van der Waals surface area contributed by atoms with E-state index in [0.29, 0.717) is 0 Å². The first-order chi connectivity index (χ1) is 11.1. The number of allylic oxidation sites excluding steroid dienone is 4. The van der Waals surface area contributed by atoms with Gasteiger partial charge in [-0.2, -0.15) is 52.7 Å². The summed E-state index contributed by atoms with van der Waals surface area (Å²) in [6.45, 7) is 0. The Labute approximate surface area is 150 Å². The van der Waals surface area contributed by atoms with Crippen LogP contribution in [0.5, 0.6) is 0 Å². The van der Waals surface area contributed by atoms with Crippen molar-refractivity contribution in [3.63, 3.8) is 0 Å². The Kier molecular flexibility index (Phi) is 10.9. The van der Waals surface area contributed by atoms with Gasteiger partial charge in [0.1, 0.15) is 0 Å². The predicted octanol–water partition coefficient (Wildman–Crippen LogP) is 4.24. The molecule has 17 heteroatoms. The Bertz CT molecular complexity index is 527. The Morgan fingerprint density at radius 1 is 0.519 bits per heavy atom. The van der Waals surface area contributed by atoms with Gasteiger partial charge >= 0.3 is 24.7 Å². The maximum atomic E-state index is 11.4. The van der Waals surface area contributed by atoms with Crippen molar-refractivity contribution in [1.29, 1.82) is 0 Å². The van der Waals surface area contributed by atoms with Crippen LogP contribution in [0.4, 0.5) is 52.7 Å². The number of rotatable bonds is 2. The van der Waals surface area contributed by atoms with E-state index in [1.165, 1.54) is 0 Å². The van der Waals surface area contributed by atoms with Crippen molar-refractivity contribution in [2.75, 3.05) is 0 Å². The van der Waals surface area contributed by atoms with Crippen molar-refractivity contribution < 1.29 is 89.3 Å². The minimum Gasteiger partial charge on any atom is -0.504 e. The molecule has 0 rings (SSSR count). The fraction of sp³-hybridized carbons (Fsp3) is 0.400. The van der Waals surface area contributed by atoms with Gasteiger partial charge in [-0.1, -0.05) is 0 Å². The summed E-state index contributed by atoms with van der Waals surface area (Å²) in [4.78, 5) is 19.7. The average Bonchev–Trinajstić information content (AvgIpc) is 2.34. The Hall–Kier alpha value is -1.91. The molecule has 0 aliphatic rings. The van der Waals surface area contributed by atoms with Gasteiger partial charge in [0.25, 0.3) is 11.6 Å². The number of alkyl halides is 12. The standard InChI is InChI=1S/2C5H2F6O2.Co/c2*6-4(7,8)2(12)1-3(13)5(9,10)11;/h2*1,12H;/b2-1+;2-1-;. The van der Waals surface area contributed by atoms with Crippen LogP contribution in [0, 0.1) is 0 Å². The second-order valence-corrected chi connectivity index (χ2v) is 3.78. The van der Waals surface area contributed by atoms with Gasteiger partial charge in [0, 0.05) is 28.9 Å². The molecule has 4 nitrogen and oxygen atoms in total. The van der Waals surface area contributed by atoms with Crippen LogP contribution in [0.3, 0.4) is 0 Å². The summed E-state index contributed by atoms with van der Waals surface area (Å²) in [5.41, 5.74) is 0. The smallest absolute Gasteiger partial charge is 0.454 e. The zero-order chi connectivity index (χ0) is 21.7. The maximum absolute atomic E-state index is 11.4. The van der Waals surface area contributed by atoms with E-state index in [2.05, 4.69) is 0 Å². The SMILES string of the molecule is O=C(/C=C(/O)C(F)(F)F)C(F)(F)F.O=C(/C=C(\O)C(F)(F)F)C(F)(F)F.[Co]. The van der Waals surface area contributed by atoms with Gasteiger partial charge in [0.15, 0.2) is 0 Å². The Morgan fingerprint density at radius 3 is 0.815 bits per heavy atom. The molecule has 0 aliphatic heterocycles. The van der Waals surface area contributed by atoms with Crippen LogP contribution in [0.25, 0.3) is 0 Å². The number of ketones is 2. The molecule has 1 radical (unpaired) electrons. The molecule has 0 aromatic rings. The molecule has 0 saturated carbocycles. The Balaban J connectivity index is -0.000000411. The molecular weight excluding hydrogens is 471 g/mol. The molecule has 0 amide bonds. The molecule has 0 spiro atoms. The number of hydrogen-bond donors (Lipinski definition) is 2. The van der Waals surface area contributed by atoms with Crippen LogP contribution in [0.1, 0.15) is 0 Å². The first kappa shape index (κ1) is 29.8. The molecule has 27 heavy (non-hydrogen) atoms. The zero-order valence-electron chi connectivity index (χ0n) is 11.7. The van der Waals surface area contributed by atoms with Gasteiger partial charge in [-0.15, -0.1) is 0 Å². The van der Waals surface area contributed by atoms with Gasteiger partial charge < -0.3 is 10.2 Å². The third-order valence-corrected chi connectivity index (χ3v) is 1.68. The molecule has 2 N–H and O–H groups in total. The third-order valence-electron chi connectivity index (χ3n) is 1.68. The normalized spacial score (nSPS) is 13.9. The molecule has 161 valence electrons. The van der Waals surface area contributed by atoms with Gasteiger partial charge in [-0.05, 0) is 0 Å². The number of carbonyl (C=O) groups excluding carboxylic acids is 2. The molecule has 0 bridgehead atoms. The monoisotopic (exact) mass is 475 g/mol. The van der Waals surface area contributed by atoms with Crippen molar-refractivity contribution in [3.8, 4) is 0 Å². The molecule has 0 fully saturated rings. The minimum absolute atomic E-state index is 0. The second kappa shape index (κ2) is 9.86. The molecule has 0 unspecified atom stereocenters. The van der Waals surface area contributed by atoms with E-state index in [4.69, 9.17) is 10.2 Å². The summed E-state index contributed by atoms with van der Waals surface area (Å²) < 4.78 is 136. The van der Waals surface area contributed by atoms with E-state index in [-0.39, 0.29) is 16.8 Å². The largest absolute Gasteiger partial charge is 0.504 e. The summed E-state index contributed by atoms with van der Waals surface area (Å²) in [7, 11) is 0. The van der Waals surface area contributed by atoms with Crippen LogP contribution >= 0.6 is 0 Å². The molecule has 0 aromatic carbocycles. The molecule has 0 heterocycles. The summed E-state index contributed by atoms with van der Waals surface area (Å²) in [6.07, 6.45) is -23.4. The number of aliphatic hydroxyl groups is 2. The Morgan fingerprint density at radius 2 is 0.704 bits per heavy atom. The molecular formula is C10H4CoF12O4. The van der Waals surface area contributed by atoms with Crippen LogP contribution in [0.2, 0.25) is 0 Å². The van der Waals surface area contributed by atoms with E-state index in [1.54, 1.807) is 0 Å². The first-order valence-corrected chi connectivity index (χ1v) is 5.28. The maximum Gasteiger partial charge on any atom is 0.454 e. The van der Waals surface area contributed by atoms with Crippen molar-refractivity contribution in [3.05, 3.63) is 23.7 Å².